The maximum Gasteiger partial charge on any atom is 0.243 e. The Morgan fingerprint density at radius 1 is 1.33 bits per heavy atom. The van der Waals surface area contributed by atoms with Crippen LogP contribution in [0.1, 0.15) is 4.88 Å². The first-order chi connectivity index (χ1) is 8.58. The van der Waals surface area contributed by atoms with Crippen LogP contribution in [0.25, 0.3) is 0 Å². The molecule has 2 aromatic rings. The smallest absolute Gasteiger partial charge is 0.243 e. The summed E-state index contributed by atoms with van der Waals surface area (Å²) < 4.78 is 26.2. The van der Waals surface area contributed by atoms with Crippen LogP contribution in [-0.4, -0.2) is 24.9 Å². The lowest BCUT2D eigenvalue weighted by Crippen LogP contribution is -2.26. The van der Waals surface area contributed by atoms with Gasteiger partial charge < -0.3 is 5.73 Å². The molecule has 8 heteroatoms. The first-order valence-corrected chi connectivity index (χ1v) is 7.54. The topological polar surface area (TPSA) is 98.0 Å². The zero-order valence-corrected chi connectivity index (χ0v) is 11.0. The van der Waals surface area contributed by atoms with Crippen molar-refractivity contribution in [3.63, 3.8) is 0 Å². The van der Waals surface area contributed by atoms with Crippen molar-refractivity contribution in [3.05, 3.63) is 34.8 Å². The Kier molecular flexibility index (Phi) is 3.90. The van der Waals surface area contributed by atoms with Crippen LogP contribution in [0.15, 0.2) is 34.8 Å². The Morgan fingerprint density at radius 3 is 2.67 bits per heavy atom. The number of thiophene rings is 1. The fraction of sp³-hybridized carbons (Fsp3) is 0.200. The Bertz CT molecular complexity index is 593. The predicted octanol–water partition coefficient (Wildman–Crippen LogP) is 0.641. The molecule has 2 heterocycles. The van der Waals surface area contributed by atoms with Crippen LogP contribution in [-0.2, 0) is 16.4 Å². The van der Waals surface area contributed by atoms with Crippen molar-refractivity contribution in [1.29, 1.82) is 0 Å². The van der Waals surface area contributed by atoms with Crippen molar-refractivity contribution < 1.29 is 8.42 Å². The minimum absolute atomic E-state index is 0.0166. The Morgan fingerprint density at radius 2 is 2.06 bits per heavy atom. The lowest BCUT2D eigenvalue weighted by molar-refractivity contribution is 0.581. The third kappa shape index (κ3) is 3.25. The Hall–Kier alpha value is -1.51. The average molecular weight is 284 g/mol. The van der Waals surface area contributed by atoms with Gasteiger partial charge in [-0.25, -0.2) is 23.1 Å². The van der Waals surface area contributed by atoms with Gasteiger partial charge in [-0.2, -0.15) is 0 Å². The van der Waals surface area contributed by atoms with Crippen LogP contribution in [0.3, 0.4) is 0 Å². The molecule has 2 aromatic heterocycles. The minimum atomic E-state index is -3.56. The van der Waals surface area contributed by atoms with E-state index in [0.29, 0.717) is 13.0 Å². The van der Waals surface area contributed by atoms with Crippen molar-refractivity contribution in [3.8, 4) is 0 Å². The van der Waals surface area contributed by atoms with Crippen molar-refractivity contribution in [2.24, 2.45) is 0 Å². The van der Waals surface area contributed by atoms with Crippen LogP contribution >= 0.6 is 11.3 Å². The number of nitrogens with zero attached hydrogens (tertiary/aromatic N) is 2. The van der Waals surface area contributed by atoms with Gasteiger partial charge in [-0.3, -0.25) is 0 Å². The summed E-state index contributed by atoms with van der Waals surface area (Å²) in [5.41, 5.74) is 5.30. The highest BCUT2D eigenvalue weighted by Gasteiger charge is 2.14. The van der Waals surface area contributed by atoms with Gasteiger partial charge in [-0.15, -0.1) is 11.3 Å². The standard InChI is InChI=1S/C10H12N4O2S2/c11-10-12-6-9(7-13-10)18(15,16)14-4-3-8-2-1-5-17-8/h1-2,5-7,14H,3-4H2,(H2,11,12,13). The number of nitrogens with two attached hydrogens (primary N) is 1. The molecule has 0 amide bonds. The van der Waals surface area contributed by atoms with E-state index in [-0.39, 0.29) is 10.8 Å². The predicted molar refractivity (Wildman–Crippen MR) is 69.7 cm³/mol. The summed E-state index contributed by atoms with van der Waals surface area (Å²) in [5, 5.41) is 1.96. The maximum absolute atomic E-state index is 11.8. The highest BCUT2D eigenvalue weighted by atomic mass is 32.2. The van der Waals surface area contributed by atoms with E-state index in [9.17, 15) is 8.42 Å². The third-order valence-corrected chi connectivity index (χ3v) is 4.55. The fourth-order valence-electron chi connectivity index (χ4n) is 1.31. The molecule has 6 nitrogen and oxygen atoms in total. The van der Waals surface area contributed by atoms with Crippen LogP contribution in [0, 0.1) is 0 Å². The molecule has 0 aliphatic heterocycles. The summed E-state index contributed by atoms with van der Waals surface area (Å²) >= 11 is 1.60. The molecule has 2 rings (SSSR count). The molecule has 0 aliphatic rings. The van der Waals surface area contributed by atoms with Crippen LogP contribution in [0.2, 0.25) is 0 Å². The van der Waals surface area contributed by atoms with E-state index in [1.54, 1.807) is 11.3 Å². The molecule has 18 heavy (non-hydrogen) atoms. The Labute approximate surface area is 109 Å². The molecular weight excluding hydrogens is 272 g/mol. The monoisotopic (exact) mass is 284 g/mol. The van der Waals surface area contributed by atoms with E-state index >= 15 is 0 Å². The molecule has 0 spiro atoms. The minimum Gasteiger partial charge on any atom is -0.368 e. The van der Waals surface area contributed by atoms with Gasteiger partial charge in [0.2, 0.25) is 16.0 Å². The van der Waals surface area contributed by atoms with Crippen molar-refractivity contribution in [2.75, 3.05) is 12.3 Å². The van der Waals surface area contributed by atoms with Gasteiger partial charge in [0, 0.05) is 11.4 Å². The number of rotatable bonds is 5. The number of aromatic nitrogens is 2. The van der Waals surface area contributed by atoms with E-state index < -0.39 is 10.0 Å². The summed E-state index contributed by atoms with van der Waals surface area (Å²) in [5.74, 6) is 0.0486. The number of hydrogen-bond donors (Lipinski definition) is 2. The van der Waals surface area contributed by atoms with Crippen molar-refractivity contribution in [2.45, 2.75) is 11.3 Å². The summed E-state index contributed by atoms with van der Waals surface area (Å²) in [6.07, 6.45) is 3.04. The summed E-state index contributed by atoms with van der Waals surface area (Å²) in [7, 11) is -3.56. The van der Waals surface area contributed by atoms with E-state index in [0.717, 1.165) is 4.88 Å². The van der Waals surface area contributed by atoms with Gasteiger partial charge in [0.25, 0.3) is 0 Å². The molecule has 3 N–H and O–H groups in total. The number of nitrogen functional groups attached to an aromatic ring is 1. The molecule has 0 unspecified atom stereocenters. The van der Waals surface area contributed by atoms with Crippen LogP contribution in [0.5, 0.6) is 0 Å². The van der Waals surface area contributed by atoms with Gasteiger partial charge in [0.15, 0.2) is 0 Å². The largest absolute Gasteiger partial charge is 0.368 e. The first kappa shape index (κ1) is 12.9. The number of nitrogens with one attached hydrogen (secondary N) is 1. The van der Waals surface area contributed by atoms with Gasteiger partial charge in [0.05, 0.1) is 12.4 Å². The van der Waals surface area contributed by atoms with Gasteiger partial charge >= 0.3 is 0 Å². The second-order valence-corrected chi connectivity index (χ2v) is 6.30. The van der Waals surface area contributed by atoms with Crippen molar-refractivity contribution >= 4 is 27.3 Å². The Balaban J connectivity index is 1.97. The third-order valence-electron chi connectivity index (χ3n) is 2.20. The molecule has 0 saturated carbocycles. The molecule has 96 valence electrons. The van der Waals surface area contributed by atoms with Gasteiger partial charge in [-0.1, -0.05) is 6.07 Å². The number of anilines is 1. The molecule has 0 atom stereocenters. The lowest BCUT2D eigenvalue weighted by atomic mass is 10.3. The second-order valence-electron chi connectivity index (χ2n) is 3.50. The number of sulfonamides is 1. The number of hydrogen-bond acceptors (Lipinski definition) is 6. The van der Waals surface area contributed by atoms with E-state index in [1.165, 1.54) is 12.4 Å². The fourth-order valence-corrected chi connectivity index (χ4v) is 2.94. The van der Waals surface area contributed by atoms with Gasteiger partial charge in [-0.05, 0) is 17.9 Å². The molecule has 0 aliphatic carbocycles. The van der Waals surface area contributed by atoms with Crippen LogP contribution < -0.4 is 10.5 Å². The summed E-state index contributed by atoms with van der Waals surface area (Å²) in [6.45, 7) is 0.340. The average Bonchev–Trinajstić information content (AvgIpc) is 2.82. The zero-order chi connectivity index (χ0) is 13.0. The van der Waals surface area contributed by atoms with Crippen molar-refractivity contribution in [1.82, 2.24) is 14.7 Å². The summed E-state index contributed by atoms with van der Waals surface area (Å²) in [4.78, 5) is 8.45. The van der Waals surface area contributed by atoms with Crippen LogP contribution in [0.4, 0.5) is 5.95 Å². The van der Waals surface area contributed by atoms with E-state index in [2.05, 4.69) is 14.7 Å². The maximum atomic E-state index is 11.8. The molecule has 0 saturated heterocycles. The quantitative estimate of drug-likeness (QED) is 0.839. The normalized spacial score (nSPS) is 11.6. The van der Waals surface area contributed by atoms with E-state index in [4.69, 9.17) is 5.73 Å². The lowest BCUT2D eigenvalue weighted by Gasteiger charge is -2.05. The molecule has 0 bridgehead atoms. The molecule has 0 aromatic carbocycles. The molecule has 0 fully saturated rings. The highest BCUT2D eigenvalue weighted by Crippen LogP contribution is 2.09. The molecule has 0 radical (unpaired) electrons. The van der Waals surface area contributed by atoms with E-state index in [1.807, 2.05) is 17.5 Å². The summed E-state index contributed by atoms with van der Waals surface area (Å²) in [6, 6.07) is 3.90. The first-order valence-electron chi connectivity index (χ1n) is 5.17. The highest BCUT2D eigenvalue weighted by molar-refractivity contribution is 7.89. The van der Waals surface area contributed by atoms with Gasteiger partial charge in [0.1, 0.15) is 4.90 Å². The molecular formula is C10H12N4O2S2. The SMILES string of the molecule is Nc1ncc(S(=O)(=O)NCCc2cccs2)cn1. The second kappa shape index (κ2) is 5.42. The zero-order valence-electron chi connectivity index (χ0n) is 9.41.